The zero-order valence-corrected chi connectivity index (χ0v) is 11.0. The number of amides is 1. The number of benzene rings is 1. The third-order valence-electron chi connectivity index (χ3n) is 2.06. The lowest BCUT2D eigenvalue weighted by Crippen LogP contribution is -2.11. The average Bonchev–Trinajstić information content (AvgIpc) is 2.31. The van der Waals surface area contributed by atoms with E-state index in [1.807, 2.05) is 0 Å². The summed E-state index contributed by atoms with van der Waals surface area (Å²) in [6, 6.07) is 4.43. The third-order valence-corrected chi connectivity index (χ3v) is 2.06. The topological polar surface area (TPSA) is 81.7 Å². The van der Waals surface area contributed by atoms with E-state index in [-0.39, 0.29) is 17.4 Å². The molecule has 1 N–H and O–H groups in total. The van der Waals surface area contributed by atoms with E-state index in [0.717, 1.165) is 0 Å². The quantitative estimate of drug-likeness (QED) is 0.664. The first-order chi connectivity index (χ1) is 8.92. The van der Waals surface area contributed by atoms with E-state index in [1.165, 1.54) is 26.0 Å². The van der Waals surface area contributed by atoms with E-state index in [0.29, 0.717) is 12.1 Å². The van der Waals surface area contributed by atoms with E-state index in [9.17, 15) is 14.4 Å². The molecule has 0 aliphatic heterocycles. The van der Waals surface area contributed by atoms with Crippen LogP contribution in [0.25, 0.3) is 0 Å². The fourth-order valence-corrected chi connectivity index (χ4v) is 1.31. The van der Waals surface area contributed by atoms with Crippen molar-refractivity contribution >= 4 is 23.5 Å². The van der Waals surface area contributed by atoms with Crippen molar-refractivity contribution in [2.45, 2.75) is 27.2 Å². The van der Waals surface area contributed by atoms with Gasteiger partial charge in [-0.15, -0.1) is 0 Å². The van der Waals surface area contributed by atoms with E-state index >= 15 is 0 Å². The Hall–Kier alpha value is -2.37. The SMILES string of the molecule is CCC(=O)Nc1ccc(OC(C)=O)c(OC(C)=O)c1. The summed E-state index contributed by atoms with van der Waals surface area (Å²) >= 11 is 0. The largest absolute Gasteiger partial charge is 0.423 e. The molecule has 6 nitrogen and oxygen atoms in total. The summed E-state index contributed by atoms with van der Waals surface area (Å²) in [5, 5.41) is 2.62. The van der Waals surface area contributed by atoms with Crippen LogP contribution in [0.1, 0.15) is 27.2 Å². The van der Waals surface area contributed by atoms with Gasteiger partial charge < -0.3 is 14.8 Å². The second-order valence-electron chi connectivity index (χ2n) is 3.75. The Bertz CT molecular complexity index is 510. The predicted molar refractivity (Wildman–Crippen MR) is 68.0 cm³/mol. The monoisotopic (exact) mass is 265 g/mol. The number of carbonyl (C=O) groups is 3. The van der Waals surface area contributed by atoms with Crippen LogP contribution in [0.5, 0.6) is 11.5 Å². The van der Waals surface area contributed by atoms with Gasteiger partial charge >= 0.3 is 11.9 Å². The molecule has 0 aliphatic carbocycles. The summed E-state index contributed by atoms with van der Waals surface area (Å²) in [6.07, 6.45) is 0.328. The second kappa shape index (κ2) is 6.53. The molecule has 0 saturated carbocycles. The summed E-state index contributed by atoms with van der Waals surface area (Å²) < 4.78 is 9.84. The molecule has 19 heavy (non-hydrogen) atoms. The number of hydrogen-bond donors (Lipinski definition) is 1. The van der Waals surface area contributed by atoms with Crippen molar-refractivity contribution in [3.63, 3.8) is 0 Å². The molecule has 1 aromatic rings. The highest BCUT2D eigenvalue weighted by Crippen LogP contribution is 2.31. The van der Waals surface area contributed by atoms with Crippen LogP contribution in [0.3, 0.4) is 0 Å². The van der Waals surface area contributed by atoms with Gasteiger partial charge in [0.25, 0.3) is 0 Å². The molecule has 0 atom stereocenters. The van der Waals surface area contributed by atoms with E-state index in [4.69, 9.17) is 9.47 Å². The summed E-state index contributed by atoms with van der Waals surface area (Å²) in [5.41, 5.74) is 0.457. The van der Waals surface area contributed by atoms with Crippen LogP contribution in [-0.2, 0) is 14.4 Å². The fourth-order valence-electron chi connectivity index (χ4n) is 1.31. The van der Waals surface area contributed by atoms with Crippen LogP contribution in [0.2, 0.25) is 0 Å². The number of anilines is 1. The first-order valence-corrected chi connectivity index (χ1v) is 5.73. The summed E-state index contributed by atoms with van der Waals surface area (Å²) in [6.45, 7) is 4.19. The van der Waals surface area contributed by atoms with Gasteiger partial charge in [0.15, 0.2) is 11.5 Å². The van der Waals surface area contributed by atoms with Gasteiger partial charge in [0.05, 0.1) is 0 Å². The molecule has 0 fully saturated rings. The summed E-state index contributed by atoms with van der Waals surface area (Å²) in [5.74, 6) is -1.05. The smallest absolute Gasteiger partial charge is 0.308 e. The van der Waals surface area contributed by atoms with Crippen LogP contribution >= 0.6 is 0 Å². The Kier molecular flexibility index (Phi) is 5.05. The first-order valence-electron chi connectivity index (χ1n) is 5.73. The molecule has 0 radical (unpaired) electrons. The molecule has 0 saturated heterocycles. The highest BCUT2D eigenvalue weighted by atomic mass is 16.6. The zero-order valence-electron chi connectivity index (χ0n) is 11.0. The number of esters is 2. The highest BCUT2D eigenvalue weighted by Gasteiger charge is 2.12. The van der Waals surface area contributed by atoms with Crippen molar-refractivity contribution in [2.75, 3.05) is 5.32 Å². The van der Waals surface area contributed by atoms with Crippen LogP contribution in [0, 0.1) is 0 Å². The number of nitrogens with one attached hydrogen (secondary N) is 1. The maximum absolute atomic E-state index is 11.3. The van der Waals surface area contributed by atoms with Crippen molar-refractivity contribution in [1.29, 1.82) is 0 Å². The fraction of sp³-hybridized carbons (Fsp3) is 0.308. The maximum Gasteiger partial charge on any atom is 0.308 e. The van der Waals surface area contributed by atoms with Crippen molar-refractivity contribution < 1.29 is 23.9 Å². The minimum Gasteiger partial charge on any atom is -0.423 e. The molecule has 102 valence electrons. The van der Waals surface area contributed by atoms with Gasteiger partial charge in [-0.1, -0.05) is 6.92 Å². The number of ether oxygens (including phenoxy) is 2. The van der Waals surface area contributed by atoms with Gasteiger partial charge in [-0.3, -0.25) is 14.4 Å². The molecule has 0 spiro atoms. The normalized spacial score (nSPS) is 9.63. The van der Waals surface area contributed by atoms with Crippen molar-refractivity contribution in [2.24, 2.45) is 0 Å². The Morgan fingerprint density at radius 2 is 1.63 bits per heavy atom. The number of carbonyl (C=O) groups excluding carboxylic acids is 3. The second-order valence-corrected chi connectivity index (χ2v) is 3.75. The lowest BCUT2D eigenvalue weighted by Gasteiger charge is -2.11. The molecule has 1 aromatic carbocycles. The molecule has 1 amide bonds. The lowest BCUT2D eigenvalue weighted by molar-refractivity contribution is -0.134. The van der Waals surface area contributed by atoms with Gasteiger partial charge in [0, 0.05) is 32.0 Å². The Labute approximate surface area is 110 Å². The number of hydrogen-bond acceptors (Lipinski definition) is 5. The van der Waals surface area contributed by atoms with E-state index < -0.39 is 11.9 Å². The standard InChI is InChI=1S/C13H15NO5/c1-4-13(17)14-10-5-6-11(18-8(2)15)12(7-10)19-9(3)16/h5-7H,4H2,1-3H3,(H,14,17). The van der Waals surface area contributed by atoms with Crippen LogP contribution in [-0.4, -0.2) is 17.8 Å². The summed E-state index contributed by atoms with van der Waals surface area (Å²) in [7, 11) is 0. The van der Waals surface area contributed by atoms with Crippen molar-refractivity contribution in [1.82, 2.24) is 0 Å². The van der Waals surface area contributed by atoms with Crippen LogP contribution in [0.15, 0.2) is 18.2 Å². The Morgan fingerprint density at radius 1 is 1.05 bits per heavy atom. The molecular weight excluding hydrogens is 250 g/mol. The maximum atomic E-state index is 11.3. The molecule has 0 unspecified atom stereocenters. The van der Waals surface area contributed by atoms with Gasteiger partial charge in [0.2, 0.25) is 5.91 Å². The molecular formula is C13H15NO5. The van der Waals surface area contributed by atoms with Gasteiger partial charge in [-0.2, -0.15) is 0 Å². The van der Waals surface area contributed by atoms with Gasteiger partial charge in [-0.25, -0.2) is 0 Å². The highest BCUT2D eigenvalue weighted by molar-refractivity contribution is 5.91. The molecule has 1 rings (SSSR count). The van der Waals surface area contributed by atoms with Gasteiger partial charge in [-0.05, 0) is 12.1 Å². The van der Waals surface area contributed by atoms with E-state index in [1.54, 1.807) is 13.0 Å². The minimum absolute atomic E-state index is 0.0802. The Balaban J connectivity index is 3.03. The lowest BCUT2D eigenvalue weighted by atomic mass is 10.2. The zero-order chi connectivity index (χ0) is 14.4. The summed E-state index contributed by atoms with van der Waals surface area (Å²) in [4.78, 5) is 33.2. The minimum atomic E-state index is -0.549. The number of rotatable bonds is 4. The van der Waals surface area contributed by atoms with Gasteiger partial charge in [0.1, 0.15) is 0 Å². The molecule has 0 bridgehead atoms. The molecule has 0 heterocycles. The van der Waals surface area contributed by atoms with Crippen LogP contribution in [0.4, 0.5) is 5.69 Å². The predicted octanol–water partition coefficient (Wildman–Crippen LogP) is 1.89. The van der Waals surface area contributed by atoms with Crippen molar-refractivity contribution in [3.8, 4) is 11.5 Å². The third kappa shape index (κ3) is 4.79. The average molecular weight is 265 g/mol. The molecule has 0 aliphatic rings. The van der Waals surface area contributed by atoms with Crippen molar-refractivity contribution in [3.05, 3.63) is 18.2 Å². The first kappa shape index (κ1) is 14.7. The molecule has 0 aromatic heterocycles. The van der Waals surface area contributed by atoms with Crippen LogP contribution < -0.4 is 14.8 Å². The van der Waals surface area contributed by atoms with E-state index in [2.05, 4.69) is 5.32 Å². The molecule has 6 heteroatoms. The Morgan fingerprint density at radius 3 is 2.16 bits per heavy atom.